The molecule has 500 valence electrons. The molecule has 6 N–H and O–H groups in total. The topological polar surface area (TPSA) is 221 Å². The van der Waals surface area contributed by atoms with Crippen LogP contribution in [0.1, 0.15) is 0 Å². The predicted molar refractivity (Wildman–Crippen MR) is 412 cm³/mol. The maximum Gasteiger partial charge on any atom is -0.0134 e. The third-order valence-corrected chi connectivity index (χ3v) is 20.8. The second-order valence-corrected chi connectivity index (χ2v) is 29.2. The summed E-state index contributed by atoms with van der Waals surface area (Å²) in [6, 6.07) is 84.3. The fourth-order valence-corrected chi connectivity index (χ4v) is 15.8. The number of fused-ring (bicyclic) bond motifs is 4. The average molecular weight is 1560 g/mol. The minimum atomic E-state index is -1.73. The fourth-order valence-electron chi connectivity index (χ4n) is 10.7. The van der Waals surface area contributed by atoms with Crippen LogP contribution in [0.2, 0.25) is 0 Å². The summed E-state index contributed by atoms with van der Waals surface area (Å²) in [5.74, 6) is 0.113. The van der Waals surface area contributed by atoms with Crippen molar-refractivity contribution in [1.29, 1.82) is 0 Å². The number of rotatable bonds is 10. The molecule has 8 heterocycles. The summed E-state index contributed by atoms with van der Waals surface area (Å²) in [6.07, 6.45) is 16.2. The van der Waals surface area contributed by atoms with Crippen molar-refractivity contribution in [2.24, 2.45) is 0 Å². The average Bonchev–Trinajstić information content (AvgIpc) is 0.765. The summed E-state index contributed by atoms with van der Waals surface area (Å²) in [5.41, 5.74) is 16.3. The number of hydrogen-bond acceptors (Lipinski definition) is 14. The summed E-state index contributed by atoms with van der Waals surface area (Å²) in [4.78, 5) is 42.0. The van der Waals surface area contributed by atoms with Gasteiger partial charge in [-0.25, -0.2) is 38.7 Å². The first-order valence-corrected chi connectivity index (χ1v) is 38.4. The van der Waals surface area contributed by atoms with Crippen LogP contribution in [0.15, 0.2) is 321 Å². The molecule has 0 saturated heterocycles. The SMILES string of the molecule is Nc1ncc(-c2cc(-c3ccccc3F)nc3nccnc23)c2ccncc12.Nc1ncc(Br)c2ccncc12.OB(O)c1cc(-c2ccccc2F)nc2nccnc12.[Cl][Pd][Cl].c1ccc(P(c2ccccc2)c2ccccc2)cc1.c1ccc(P(c2ccccc2)c2ccccc2)cc1. The van der Waals surface area contributed by atoms with E-state index in [1.807, 2.05) is 18.2 Å². The third-order valence-electron chi connectivity index (χ3n) is 15.3. The second-order valence-electron chi connectivity index (χ2n) is 21.6. The Morgan fingerprint density at radius 1 is 0.366 bits per heavy atom. The number of hydrogen-bond donors (Lipinski definition) is 4. The van der Waals surface area contributed by atoms with E-state index in [-0.39, 0.29) is 49.6 Å². The minimum absolute atomic E-state index is 0.106. The maximum absolute atomic E-state index is 14.4. The second kappa shape index (κ2) is 36.3. The first kappa shape index (κ1) is 72.1. The molecule has 0 aliphatic carbocycles. The van der Waals surface area contributed by atoms with Crippen molar-refractivity contribution in [1.82, 2.24) is 49.8 Å². The third kappa shape index (κ3) is 18.5. The number of benzene rings is 8. The molecular weight excluding hydrogens is 1500 g/mol. The zero-order valence-corrected chi connectivity index (χ0v) is 59.7. The first-order chi connectivity index (χ1) is 49.5. The Balaban J connectivity index is 0.000000128. The van der Waals surface area contributed by atoms with Crippen LogP contribution in [0.25, 0.3) is 77.5 Å². The summed E-state index contributed by atoms with van der Waals surface area (Å²) in [6.45, 7) is 0. The van der Waals surface area contributed by atoms with Crippen molar-refractivity contribution in [2.45, 2.75) is 0 Å². The number of pyridine rings is 6. The zero-order chi connectivity index (χ0) is 70.3. The summed E-state index contributed by atoms with van der Waals surface area (Å²) in [7, 11) is 7.00. The van der Waals surface area contributed by atoms with Crippen molar-refractivity contribution in [3.63, 3.8) is 0 Å². The van der Waals surface area contributed by atoms with Crippen molar-refractivity contribution < 1.29 is 34.8 Å². The molecule has 0 amide bonds. The summed E-state index contributed by atoms with van der Waals surface area (Å²) in [5, 5.41) is 30.8. The van der Waals surface area contributed by atoms with Crippen LogP contribution in [0.3, 0.4) is 0 Å². The van der Waals surface area contributed by atoms with Gasteiger partial charge in [-0.15, -0.1) is 0 Å². The van der Waals surface area contributed by atoms with Crippen LogP contribution >= 0.6 is 50.8 Å². The molecule has 16 aromatic rings. The standard InChI is InChI=1S/C21H13FN6.2C18H15P.C13H9BFN3O2.C8H6BrN3.2ClH.Pd/c22-17-4-2-1-3-13(17)18-9-14(19-21(28-18)26-8-7-25-19)15-11-27-20(23)16-10-24-6-5-12(15)16;2*1-4-10-16(11-5-1)19(17-12-6-2-7-13-17)18-14-8-3-9-15-18;15-10-4-2-1-3-8(10)11-7-9(14(19)20)12-13(18-11)17-6-5-16-12;9-7-4-12-8(10)6-3-11-2-1-5(6)7;;;/h1-11H,(H2,23,27);2*1-15H;1-7,19-20H;1-4H,(H2,10,12);2*1H;/q;;;;;;;+2/p-2. The van der Waals surface area contributed by atoms with Gasteiger partial charge in [-0.05, 0) is 118 Å². The fraction of sp³-hybridized carbons (Fsp3) is 0. The van der Waals surface area contributed by atoms with Crippen molar-refractivity contribution in [3.05, 3.63) is 333 Å². The molecule has 16 rings (SSSR count). The molecule has 0 saturated carbocycles. The number of nitrogen functional groups attached to an aromatic ring is 2. The van der Waals surface area contributed by atoms with E-state index in [1.165, 1.54) is 62.4 Å². The Hall–Kier alpha value is -10.1. The van der Waals surface area contributed by atoms with Gasteiger partial charge in [0.25, 0.3) is 0 Å². The van der Waals surface area contributed by atoms with Crippen molar-refractivity contribution in [3.8, 4) is 33.6 Å². The largest absolute Gasteiger partial charge is 0.0622 e. The van der Waals surface area contributed by atoms with Gasteiger partial charge < -0.3 is 21.5 Å². The minimum Gasteiger partial charge on any atom is -0.0622 e. The molecule has 14 nitrogen and oxygen atoms in total. The monoisotopic (exact) mass is 1560 g/mol. The zero-order valence-electron chi connectivity index (χ0n) is 53.2. The molecule has 0 radical (unpaired) electrons. The van der Waals surface area contributed by atoms with Crippen LogP contribution < -0.4 is 48.8 Å². The van der Waals surface area contributed by atoms with Crippen molar-refractivity contribution >= 4 is 151 Å². The summed E-state index contributed by atoms with van der Waals surface area (Å²) < 4.78 is 29.1. The molecule has 0 atom stereocenters. The van der Waals surface area contributed by atoms with E-state index in [9.17, 15) is 18.8 Å². The molecule has 101 heavy (non-hydrogen) atoms. The van der Waals surface area contributed by atoms with E-state index in [0.717, 1.165) is 37.1 Å². The van der Waals surface area contributed by atoms with Gasteiger partial charge >= 0.3 is 42.1 Å². The molecule has 0 spiro atoms. The van der Waals surface area contributed by atoms with Crippen LogP contribution in [0, 0.1) is 11.6 Å². The Bertz CT molecular complexity index is 5010. The number of anilines is 2. The molecule has 0 aliphatic rings. The van der Waals surface area contributed by atoms with E-state index in [4.69, 9.17) is 30.5 Å². The van der Waals surface area contributed by atoms with E-state index in [0.29, 0.717) is 34.1 Å². The van der Waals surface area contributed by atoms with E-state index < -0.39 is 28.8 Å². The Morgan fingerprint density at radius 2 is 0.713 bits per heavy atom. The molecule has 0 aliphatic heterocycles. The number of nitrogens with zero attached hydrogens (tertiary/aromatic N) is 10. The quantitative estimate of drug-likeness (QED) is 0.0739. The van der Waals surface area contributed by atoms with Crippen LogP contribution in [-0.2, 0) is 15.9 Å². The van der Waals surface area contributed by atoms with Gasteiger partial charge in [0.05, 0.1) is 11.4 Å². The Kier molecular flexibility index (Phi) is 25.9. The van der Waals surface area contributed by atoms with Gasteiger partial charge in [0.1, 0.15) is 34.3 Å². The van der Waals surface area contributed by atoms with E-state index in [1.54, 1.807) is 86.0 Å². The summed E-state index contributed by atoms with van der Waals surface area (Å²) >= 11 is 3.28. The van der Waals surface area contributed by atoms with Crippen LogP contribution in [-0.4, -0.2) is 67.0 Å². The van der Waals surface area contributed by atoms with Gasteiger partial charge in [-0.3, -0.25) is 19.9 Å². The Labute approximate surface area is 608 Å². The van der Waals surface area contributed by atoms with Crippen molar-refractivity contribution in [2.75, 3.05) is 11.5 Å². The van der Waals surface area contributed by atoms with Gasteiger partial charge in [0, 0.05) is 110 Å². The van der Waals surface area contributed by atoms with E-state index in [2.05, 4.69) is 248 Å². The Morgan fingerprint density at radius 3 is 1.12 bits per heavy atom. The van der Waals surface area contributed by atoms with Gasteiger partial charge in [-0.2, -0.15) is 0 Å². The molecular formula is C78H58BBrCl2F2N12O2P2Pd. The normalized spacial score (nSPS) is 10.7. The molecule has 23 heteroatoms. The number of aromatic nitrogens is 10. The molecule has 8 aromatic heterocycles. The maximum atomic E-state index is 14.4. The van der Waals surface area contributed by atoms with E-state index >= 15 is 0 Å². The predicted octanol–water partition coefficient (Wildman–Crippen LogP) is 14.8. The first-order valence-electron chi connectivity index (χ1n) is 30.9. The van der Waals surface area contributed by atoms with Crippen LogP contribution in [0.4, 0.5) is 20.4 Å². The smallest absolute Gasteiger partial charge is 0.0134 e. The molecule has 0 fully saturated rings. The van der Waals surface area contributed by atoms with Gasteiger partial charge in [0.2, 0.25) is 0 Å². The number of halogens is 5. The van der Waals surface area contributed by atoms with Gasteiger partial charge in [-0.1, -0.05) is 206 Å². The molecule has 0 bridgehead atoms. The number of nitrogens with two attached hydrogens (primary N) is 2. The molecule has 0 unspecified atom stereocenters. The van der Waals surface area contributed by atoms with Gasteiger partial charge in [0.15, 0.2) is 11.3 Å². The van der Waals surface area contributed by atoms with Crippen LogP contribution in [0.5, 0.6) is 0 Å². The molecule has 8 aromatic carbocycles.